The zero-order valence-corrected chi connectivity index (χ0v) is 9.13. The molecule has 0 aromatic heterocycles. The summed E-state index contributed by atoms with van der Waals surface area (Å²) < 4.78 is -0.176. The molecule has 0 rings (SSSR count). The highest BCUT2D eigenvalue weighted by Gasteiger charge is 2.00. The predicted molar refractivity (Wildman–Crippen MR) is 48.9 cm³/mol. The third-order valence-corrected chi connectivity index (χ3v) is 3.89. The van der Waals surface area contributed by atoms with Crippen molar-refractivity contribution in [1.82, 2.24) is 0 Å². The van der Waals surface area contributed by atoms with Gasteiger partial charge in [0.15, 0.2) is 0 Å². The maximum absolute atomic E-state index is 10.2. The van der Waals surface area contributed by atoms with E-state index in [-0.39, 0.29) is 19.2 Å². The van der Waals surface area contributed by atoms with E-state index in [0.29, 0.717) is 6.42 Å². The maximum atomic E-state index is 10.2. The van der Waals surface area contributed by atoms with E-state index < -0.39 is 0 Å². The van der Waals surface area contributed by atoms with Crippen molar-refractivity contribution in [3.63, 3.8) is 0 Å². The summed E-state index contributed by atoms with van der Waals surface area (Å²) in [5, 5.41) is -0.269. The van der Waals surface area contributed by atoms with Crippen molar-refractivity contribution in [1.29, 1.82) is 0 Å². The lowest BCUT2D eigenvalue weighted by Gasteiger charge is -1.96. The van der Waals surface area contributed by atoms with E-state index in [1.807, 2.05) is 0 Å². The highest BCUT2D eigenvalue weighted by atomic mass is 35.5. The van der Waals surface area contributed by atoms with Gasteiger partial charge in [0.1, 0.15) is 0 Å². The van der Waals surface area contributed by atoms with E-state index in [0.717, 1.165) is 12.5 Å². The van der Waals surface area contributed by atoms with Crippen LogP contribution < -0.4 is 0 Å². The van der Waals surface area contributed by atoms with E-state index >= 15 is 0 Å². The fourth-order valence-electron chi connectivity index (χ4n) is 0.563. The van der Waals surface area contributed by atoms with Crippen LogP contribution in [0.1, 0.15) is 12.8 Å². The van der Waals surface area contributed by atoms with Crippen molar-refractivity contribution < 1.29 is 4.79 Å². The smallest absolute Gasteiger partial charge is 0.221 e. The molecule has 0 saturated heterocycles. The minimum Gasteiger partial charge on any atom is -0.281 e. The largest absolute Gasteiger partial charge is 0.281 e. The molecule has 0 aromatic rings. The molecule has 0 radical (unpaired) electrons. The van der Waals surface area contributed by atoms with Gasteiger partial charge in [0.2, 0.25) is 5.24 Å². The quantitative estimate of drug-likeness (QED) is 0.299. The van der Waals surface area contributed by atoms with Crippen LogP contribution in [0.4, 0.5) is 0 Å². The topological polar surface area (TPSA) is 17.1 Å². The standard InChI is InChI=1S/C5H9Cl3OSi/c6-4(9)2-1-3-10-5(7)8/h5H,1-3,10H2. The Hall–Kier alpha value is 0.757. The van der Waals surface area contributed by atoms with Crippen LogP contribution in [-0.4, -0.2) is 19.2 Å². The third-order valence-electron chi connectivity index (χ3n) is 1.05. The second-order valence-corrected chi connectivity index (χ2v) is 6.83. The van der Waals surface area contributed by atoms with Gasteiger partial charge in [-0.2, -0.15) is 0 Å². The molecule has 0 aliphatic rings. The van der Waals surface area contributed by atoms with Gasteiger partial charge in [-0.1, -0.05) is 6.04 Å². The monoisotopic (exact) mass is 218 g/mol. The van der Waals surface area contributed by atoms with Gasteiger partial charge in [-0.05, 0) is 18.0 Å². The Morgan fingerprint density at radius 3 is 2.50 bits per heavy atom. The summed E-state index contributed by atoms with van der Waals surface area (Å²) >= 11 is 16.1. The molecule has 0 N–H and O–H groups in total. The highest BCUT2D eigenvalue weighted by molar-refractivity contribution is 6.68. The number of hydrogen-bond donors (Lipinski definition) is 0. The number of rotatable bonds is 5. The van der Waals surface area contributed by atoms with Crippen LogP contribution in [0.25, 0.3) is 0 Å². The van der Waals surface area contributed by atoms with Gasteiger partial charge in [-0.25, -0.2) is 0 Å². The Bertz CT molecular complexity index is 107. The SMILES string of the molecule is O=C(Cl)CCC[SiH2]C(Cl)Cl. The first-order valence-corrected chi connectivity index (χ1v) is 6.16. The van der Waals surface area contributed by atoms with Gasteiger partial charge in [0, 0.05) is 6.42 Å². The normalized spacial score (nSPS) is 11.6. The minimum absolute atomic E-state index is 0.176. The Morgan fingerprint density at radius 1 is 1.50 bits per heavy atom. The molecule has 0 amide bonds. The van der Waals surface area contributed by atoms with Crippen LogP contribution in [0, 0.1) is 0 Å². The molecule has 0 spiro atoms. The molecular weight excluding hydrogens is 210 g/mol. The van der Waals surface area contributed by atoms with Crippen LogP contribution in [0.2, 0.25) is 6.04 Å². The molecule has 1 nitrogen and oxygen atoms in total. The van der Waals surface area contributed by atoms with Gasteiger partial charge in [0.25, 0.3) is 0 Å². The molecule has 0 fully saturated rings. The third kappa shape index (κ3) is 8.76. The predicted octanol–water partition coefficient (Wildman–Crippen LogP) is 1.88. The Kier molecular flexibility index (Phi) is 6.96. The fraction of sp³-hybridized carbons (Fsp3) is 0.800. The van der Waals surface area contributed by atoms with Crippen LogP contribution in [0.5, 0.6) is 0 Å². The van der Waals surface area contributed by atoms with E-state index in [9.17, 15) is 4.79 Å². The summed E-state index contributed by atoms with van der Waals surface area (Å²) in [5.74, 6) is 0. The number of halogens is 3. The second kappa shape index (κ2) is 6.47. The van der Waals surface area contributed by atoms with Crippen molar-refractivity contribution in [2.75, 3.05) is 0 Å². The molecule has 0 atom stereocenters. The highest BCUT2D eigenvalue weighted by Crippen LogP contribution is 2.05. The summed E-state index contributed by atoms with van der Waals surface area (Å²) in [6, 6.07) is 0.996. The van der Waals surface area contributed by atoms with E-state index in [1.54, 1.807) is 0 Å². The lowest BCUT2D eigenvalue weighted by molar-refractivity contribution is -0.111. The molecule has 0 aliphatic heterocycles. The molecule has 10 heavy (non-hydrogen) atoms. The number of alkyl halides is 2. The van der Waals surface area contributed by atoms with Gasteiger partial charge in [0.05, 0.1) is 14.0 Å². The molecule has 5 heteroatoms. The lowest BCUT2D eigenvalue weighted by Crippen LogP contribution is -2.00. The molecule has 0 aromatic carbocycles. The van der Waals surface area contributed by atoms with Crippen LogP contribution in [-0.2, 0) is 4.79 Å². The average molecular weight is 220 g/mol. The van der Waals surface area contributed by atoms with Gasteiger partial charge in [-0.15, -0.1) is 23.2 Å². The van der Waals surface area contributed by atoms with Gasteiger partial charge >= 0.3 is 0 Å². The van der Waals surface area contributed by atoms with Crippen LogP contribution in [0.3, 0.4) is 0 Å². The van der Waals surface area contributed by atoms with Crippen molar-refractivity contribution in [2.45, 2.75) is 23.3 Å². The second-order valence-electron chi connectivity index (χ2n) is 1.99. The summed E-state index contributed by atoms with van der Waals surface area (Å²) in [6.45, 7) is 0. The molecule has 60 valence electrons. The summed E-state index contributed by atoms with van der Waals surface area (Å²) in [6.07, 6.45) is 1.29. The van der Waals surface area contributed by atoms with Crippen molar-refractivity contribution >= 4 is 49.6 Å². The summed E-state index contributed by atoms with van der Waals surface area (Å²) in [4.78, 5) is 10.2. The van der Waals surface area contributed by atoms with E-state index in [1.165, 1.54) is 0 Å². The number of carbonyl (C=O) groups is 1. The Balaban J connectivity index is 2.98. The first kappa shape index (κ1) is 10.8. The molecular formula is C5H9Cl3OSi. The fourth-order valence-corrected chi connectivity index (χ4v) is 2.47. The van der Waals surface area contributed by atoms with E-state index in [2.05, 4.69) is 0 Å². The molecule has 0 saturated carbocycles. The van der Waals surface area contributed by atoms with E-state index in [4.69, 9.17) is 34.8 Å². The summed E-state index contributed by atoms with van der Waals surface area (Å²) in [7, 11) is -0.377. The van der Waals surface area contributed by atoms with Crippen molar-refractivity contribution in [3.8, 4) is 0 Å². The Labute approximate surface area is 77.8 Å². The zero-order chi connectivity index (χ0) is 7.98. The average Bonchev–Trinajstić information content (AvgIpc) is 1.79. The number of carbonyl (C=O) groups excluding carboxylic acids is 1. The lowest BCUT2D eigenvalue weighted by atomic mass is 10.4. The maximum Gasteiger partial charge on any atom is 0.221 e. The first-order chi connectivity index (χ1) is 4.63. The first-order valence-electron chi connectivity index (χ1n) is 3.09. The molecule has 0 bridgehead atoms. The Morgan fingerprint density at radius 2 is 2.10 bits per heavy atom. The molecule has 0 unspecified atom stereocenters. The van der Waals surface area contributed by atoms with Crippen molar-refractivity contribution in [2.24, 2.45) is 0 Å². The van der Waals surface area contributed by atoms with Crippen LogP contribution >= 0.6 is 34.8 Å². The minimum atomic E-state index is -0.377. The number of hydrogen-bond acceptors (Lipinski definition) is 1. The molecule has 0 heterocycles. The van der Waals surface area contributed by atoms with Crippen LogP contribution in [0.15, 0.2) is 0 Å². The zero-order valence-electron chi connectivity index (χ0n) is 5.45. The van der Waals surface area contributed by atoms with Gasteiger partial charge < -0.3 is 0 Å². The van der Waals surface area contributed by atoms with Gasteiger partial charge in [-0.3, -0.25) is 4.79 Å². The summed E-state index contributed by atoms with van der Waals surface area (Å²) in [5.41, 5.74) is 0. The molecule has 0 aliphatic carbocycles. The van der Waals surface area contributed by atoms with Crippen molar-refractivity contribution in [3.05, 3.63) is 0 Å².